The Hall–Kier alpha value is -2.32. The maximum Gasteiger partial charge on any atom is 0.291 e. The van der Waals surface area contributed by atoms with E-state index >= 15 is 0 Å². The summed E-state index contributed by atoms with van der Waals surface area (Å²) >= 11 is 6.11. The number of anilines is 1. The summed E-state index contributed by atoms with van der Waals surface area (Å²) in [5.74, 6) is -1.03. The van der Waals surface area contributed by atoms with E-state index in [1.54, 1.807) is 12.1 Å². The highest BCUT2D eigenvalue weighted by molar-refractivity contribution is 7.90. The summed E-state index contributed by atoms with van der Waals surface area (Å²) in [6.07, 6.45) is 3.88. The second-order valence-electron chi connectivity index (χ2n) is 7.38. The van der Waals surface area contributed by atoms with Crippen molar-refractivity contribution in [1.29, 1.82) is 0 Å². The molecule has 0 saturated carbocycles. The van der Waals surface area contributed by atoms with E-state index in [2.05, 4.69) is 5.32 Å². The van der Waals surface area contributed by atoms with Gasteiger partial charge in [0.2, 0.25) is 14.9 Å². The van der Waals surface area contributed by atoms with Crippen molar-refractivity contribution in [1.82, 2.24) is 4.90 Å². The van der Waals surface area contributed by atoms with Crippen LogP contribution in [0.3, 0.4) is 0 Å². The van der Waals surface area contributed by atoms with Gasteiger partial charge in [-0.3, -0.25) is 9.59 Å². The number of piperidine rings is 1. The van der Waals surface area contributed by atoms with Crippen molar-refractivity contribution in [3.63, 3.8) is 0 Å². The highest BCUT2D eigenvalue weighted by Gasteiger charge is 2.31. The Morgan fingerprint density at radius 2 is 1.79 bits per heavy atom. The zero-order valence-corrected chi connectivity index (χ0v) is 18.0. The quantitative estimate of drug-likeness (QED) is 0.778. The molecule has 1 N–H and O–H groups in total. The fourth-order valence-electron chi connectivity index (χ4n) is 3.59. The van der Waals surface area contributed by atoms with Gasteiger partial charge in [-0.15, -0.1) is 0 Å². The molecule has 0 bridgehead atoms. The van der Waals surface area contributed by atoms with E-state index < -0.39 is 15.7 Å². The number of halogens is 1. The number of hydrogen-bond acceptors (Lipinski definition) is 5. The van der Waals surface area contributed by atoms with Crippen LogP contribution in [0.5, 0.6) is 0 Å². The number of sulfone groups is 1. The molecular formula is C20H23ClN2O5S. The Labute approximate surface area is 174 Å². The van der Waals surface area contributed by atoms with Crippen LogP contribution in [-0.2, 0) is 9.84 Å². The van der Waals surface area contributed by atoms with Crippen molar-refractivity contribution in [2.75, 3.05) is 11.6 Å². The molecule has 2 heterocycles. The number of carbonyl (C=O) groups excluding carboxylic acids is 2. The zero-order valence-electron chi connectivity index (χ0n) is 16.4. The van der Waals surface area contributed by atoms with E-state index in [0.717, 1.165) is 25.5 Å². The molecule has 2 unspecified atom stereocenters. The molecular weight excluding hydrogens is 416 g/mol. The number of nitrogens with one attached hydrogen (secondary N) is 1. The normalized spacial score (nSPS) is 19.8. The minimum Gasteiger partial charge on any atom is -0.440 e. The van der Waals surface area contributed by atoms with Crippen LogP contribution in [0.15, 0.2) is 39.8 Å². The lowest BCUT2D eigenvalue weighted by atomic mass is 9.96. The summed E-state index contributed by atoms with van der Waals surface area (Å²) in [7, 11) is -3.57. The van der Waals surface area contributed by atoms with Crippen LogP contribution in [0.2, 0.25) is 5.02 Å². The van der Waals surface area contributed by atoms with Crippen molar-refractivity contribution in [2.45, 2.75) is 50.3 Å². The molecule has 1 aliphatic rings. The van der Waals surface area contributed by atoms with Crippen LogP contribution in [0.1, 0.15) is 54.0 Å². The average Bonchev–Trinajstić information content (AvgIpc) is 3.13. The molecule has 0 spiro atoms. The number of likely N-dealkylation sites (tertiary alicyclic amines) is 1. The van der Waals surface area contributed by atoms with Crippen molar-refractivity contribution in [3.8, 4) is 0 Å². The third-order valence-corrected chi connectivity index (χ3v) is 6.24. The minimum absolute atomic E-state index is 0.0798. The number of amides is 2. The van der Waals surface area contributed by atoms with Gasteiger partial charge in [0, 0.05) is 23.4 Å². The first-order chi connectivity index (χ1) is 13.6. The summed E-state index contributed by atoms with van der Waals surface area (Å²) in [5, 5.41) is 2.71. The lowest BCUT2D eigenvalue weighted by Gasteiger charge is -2.39. The zero-order chi connectivity index (χ0) is 21.3. The van der Waals surface area contributed by atoms with Crippen molar-refractivity contribution in [3.05, 3.63) is 46.7 Å². The molecule has 29 heavy (non-hydrogen) atoms. The Bertz CT molecular complexity index is 1040. The number of nitrogens with zero attached hydrogens (tertiary/aromatic N) is 1. The van der Waals surface area contributed by atoms with Crippen molar-refractivity contribution < 1.29 is 22.4 Å². The average molecular weight is 439 g/mol. The summed E-state index contributed by atoms with van der Waals surface area (Å²) in [4.78, 5) is 27.6. The summed E-state index contributed by atoms with van der Waals surface area (Å²) in [6, 6.07) is 7.30. The van der Waals surface area contributed by atoms with E-state index in [9.17, 15) is 18.0 Å². The Kier molecular flexibility index (Phi) is 6.05. The molecule has 156 valence electrons. The summed E-state index contributed by atoms with van der Waals surface area (Å²) in [5.41, 5.74) is 0.563. The fourth-order valence-corrected chi connectivity index (χ4v) is 4.32. The van der Waals surface area contributed by atoms with Crippen molar-refractivity contribution >= 4 is 38.9 Å². The van der Waals surface area contributed by atoms with Gasteiger partial charge in [-0.05, 0) is 63.4 Å². The molecule has 2 atom stereocenters. The maximum atomic E-state index is 13.3. The Morgan fingerprint density at radius 3 is 2.38 bits per heavy atom. The molecule has 1 aromatic carbocycles. The molecule has 9 heteroatoms. The molecule has 1 aromatic heterocycles. The van der Waals surface area contributed by atoms with Gasteiger partial charge < -0.3 is 14.6 Å². The molecule has 1 saturated heterocycles. The highest BCUT2D eigenvalue weighted by atomic mass is 35.5. The predicted molar refractivity (Wildman–Crippen MR) is 110 cm³/mol. The van der Waals surface area contributed by atoms with E-state index in [1.165, 1.54) is 18.2 Å². The van der Waals surface area contributed by atoms with E-state index in [1.807, 2.05) is 18.7 Å². The molecule has 1 fully saturated rings. The predicted octanol–water partition coefficient (Wildman–Crippen LogP) is 3.99. The maximum absolute atomic E-state index is 13.3. The minimum atomic E-state index is -3.57. The second-order valence-corrected chi connectivity index (χ2v) is 9.76. The smallest absolute Gasteiger partial charge is 0.291 e. The molecule has 7 nitrogen and oxygen atoms in total. The topological polar surface area (TPSA) is 96.7 Å². The fraction of sp³-hybridized carbons (Fsp3) is 0.400. The van der Waals surface area contributed by atoms with Crippen LogP contribution < -0.4 is 5.32 Å². The molecule has 0 aliphatic carbocycles. The Balaban J connectivity index is 1.90. The van der Waals surface area contributed by atoms with E-state index in [4.69, 9.17) is 16.0 Å². The summed E-state index contributed by atoms with van der Waals surface area (Å²) in [6.45, 7) is 4.01. The van der Waals surface area contributed by atoms with E-state index in [0.29, 0.717) is 5.02 Å². The van der Waals surface area contributed by atoms with E-state index in [-0.39, 0.29) is 40.1 Å². The molecule has 0 radical (unpaired) electrons. The van der Waals surface area contributed by atoms with Crippen LogP contribution in [0.4, 0.5) is 5.69 Å². The SMILES string of the molecule is CC1CCCC(C)N1C(=O)c1cc(Cl)ccc1NC(=O)c1ccc(S(C)(=O)=O)o1. The van der Waals surface area contributed by atoms with Gasteiger partial charge in [0.1, 0.15) is 0 Å². The highest BCUT2D eigenvalue weighted by Crippen LogP contribution is 2.29. The van der Waals surface area contributed by atoms with Crippen LogP contribution in [0, 0.1) is 0 Å². The standard InChI is InChI=1S/C20H23ClN2O5S/c1-12-5-4-6-13(2)23(12)20(25)15-11-14(21)7-8-16(15)22-19(24)17-9-10-18(28-17)29(3,26)27/h7-13H,4-6H2,1-3H3,(H,22,24). The summed E-state index contributed by atoms with van der Waals surface area (Å²) < 4.78 is 28.2. The van der Waals surface area contributed by atoms with Gasteiger partial charge in [-0.1, -0.05) is 11.6 Å². The first kappa shape index (κ1) is 21.4. The van der Waals surface area contributed by atoms with Crippen LogP contribution in [0.25, 0.3) is 0 Å². The number of rotatable bonds is 4. The largest absolute Gasteiger partial charge is 0.440 e. The van der Waals surface area contributed by atoms with Gasteiger partial charge in [-0.2, -0.15) is 0 Å². The first-order valence-electron chi connectivity index (χ1n) is 9.31. The van der Waals surface area contributed by atoms with Gasteiger partial charge >= 0.3 is 0 Å². The molecule has 2 aromatic rings. The Morgan fingerprint density at radius 1 is 1.14 bits per heavy atom. The van der Waals surface area contributed by atoms with Gasteiger partial charge in [0.25, 0.3) is 11.8 Å². The third kappa shape index (κ3) is 4.64. The number of furan rings is 1. The van der Waals surface area contributed by atoms with Crippen molar-refractivity contribution in [2.24, 2.45) is 0 Å². The lowest BCUT2D eigenvalue weighted by Crippen LogP contribution is -2.47. The molecule has 2 amide bonds. The number of carbonyl (C=O) groups is 2. The van der Waals surface area contributed by atoms with Crippen LogP contribution in [-0.4, -0.2) is 43.5 Å². The third-order valence-electron chi connectivity index (χ3n) is 5.06. The monoisotopic (exact) mass is 438 g/mol. The molecule has 1 aliphatic heterocycles. The van der Waals surface area contributed by atoms with Gasteiger partial charge in [0.15, 0.2) is 5.76 Å². The number of benzene rings is 1. The second kappa shape index (κ2) is 8.20. The molecule has 3 rings (SSSR count). The first-order valence-corrected chi connectivity index (χ1v) is 11.6. The number of hydrogen-bond donors (Lipinski definition) is 1. The van der Waals surface area contributed by atoms with Gasteiger partial charge in [0.05, 0.1) is 11.3 Å². The lowest BCUT2D eigenvalue weighted by molar-refractivity contribution is 0.0512. The van der Waals surface area contributed by atoms with Gasteiger partial charge in [-0.25, -0.2) is 8.42 Å². The van der Waals surface area contributed by atoms with Crippen LogP contribution >= 0.6 is 11.6 Å².